The van der Waals surface area contributed by atoms with Gasteiger partial charge in [-0.2, -0.15) is 0 Å². The molecule has 2 N–H and O–H groups in total. The molecule has 3 rings (SSSR count). The molecule has 0 radical (unpaired) electrons. The van der Waals surface area contributed by atoms with Gasteiger partial charge >= 0.3 is 0 Å². The second kappa shape index (κ2) is 5.71. The van der Waals surface area contributed by atoms with Crippen LogP contribution in [0.25, 0.3) is 6.08 Å². The van der Waals surface area contributed by atoms with Gasteiger partial charge in [0.1, 0.15) is 0 Å². The maximum Gasteiger partial charge on any atom is 0.248 e. The molecule has 3 atom stereocenters. The molecule has 0 heterocycles. The maximum atomic E-state index is 12.7. The van der Waals surface area contributed by atoms with Gasteiger partial charge in [-0.3, -0.25) is 9.59 Å². The first kappa shape index (κ1) is 15.0. The zero-order valence-corrected chi connectivity index (χ0v) is 13.3. The van der Waals surface area contributed by atoms with Crippen LogP contribution in [0.3, 0.4) is 0 Å². The van der Waals surface area contributed by atoms with Crippen molar-refractivity contribution in [2.45, 2.75) is 39.5 Å². The zero-order valence-electron chi connectivity index (χ0n) is 13.3. The molecule has 3 nitrogen and oxygen atoms in total. The topological polar surface area (TPSA) is 60.2 Å². The molecule has 22 heavy (non-hydrogen) atoms. The highest BCUT2D eigenvalue weighted by Gasteiger charge is 2.32. The molecule has 0 aromatic heterocycles. The van der Waals surface area contributed by atoms with Crippen molar-refractivity contribution in [3.8, 4) is 0 Å². The van der Waals surface area contributed by atoms with Crippen LogP contribution in [-0.4, -0.2) is 11.7 Å². The summed E-state index contributed by atoms with van der Waals surface area (Å²) >= 11 is 0. The Bertz CT molecular complexity index is 659. The fourth-order valence-electron chi connectivity index (χ4n) is 3.98. The lowest BCUT2D eigenvalue weighted by Crippen LogP contribution is -2.15. The molecule has 0 saturated heterocycles. The second-order valence-corrected chi connectivity index (χ2v) is 6.95. The normalized spacial score (nSPS) is 28.0. The van der Waals surface area contributed by atoms with E-state index in [-0.39, 0.29) is 5.92 Å². The first-order chi connectivity index (χ1) is 10.5. The molecule has 2 aliphatic carbocycles. The number of rotatable bonds is 1. The van der Waals surface area contributed by atoms with Gasteiger partial charge in [0.05, 0.1) is 0 Å². The van der Waals surface area contributed by atoms with Crippen LogP contribution in [0.4, 0.5) is 0 Å². The van der Waals surface area contributed by atoms with Crippen LogP contribution in [-0.2, 0) is 11.2 Å². The van der Waals surface area contributed by atoms with Crippen LogP contribution >= 0.6 is 0 Å². The number of nitrogens with two attached hydrogens (primary N) is 1. The Kier molecular flexibility index (Phi) is 3.90. The number of carbonyl (C=O) groups is 2. The Morgan fingerprint density at radius 2 is 2.00 bits per heavy atom. The van der Waals surface area contributed by atoms with E-state index in [4.69, 9.17) is 5.73 Å². The number of allylic oxidation sites excluding steroid dienone is 1. The summed E-state index contributed by atoms with van der Waals surface area (Å²) in [6.45, 7) is 4.29. The highest BCUT2D eigenvalue weighted by atomic mass is 16.1. The van der Waals surface area contributed by atoms with Crippen molar-refractivity contribution in [1.82, 2.24) is 0 Å². The van der Waals surface area contributed by atoms with Gasteiger partial charge in [-0.05, 0) is 72.4 Å². The van der Waals surface area contributed by atoms with Crippen molar-refractivity contribution in [2.75, 3.05) is 0 Å². The van der Waals surface area contributed by atoms with E-state index < -0.39 is 5.91 Å². The van der Waals surface area contributed by atoms with Crippen molar-refractivity contribution >= 4 is 17.8 Å². The Balaban J connectivity index is 2.04. The van der Waals surface area contributed by atoms with Gasteiger partial charge < -0.3 is 5.73 Å². The summed E-state index contributed by atoms with van der Waals surface area (Å²) < 4.78 is 0. The monoisotopic (exact) mass is 297 g/mol. The van der Waals surface area contributed by atoms with Crippen LogP contribution in [0.2, 0.25) is 0 Å². The fraction of sp³-hybridized carbons (Fsp3) is 0.474. The van der Waals surface area contributed by atoms with Gasteiger partial charge in [0.2, 0.25) is 5.91 Å². The van der Waals surface area contributed by atoms with Crippen molar-refractivity contribution < 1.29 is 9.59 Å². The van der Waals surface area contributed by atoms with Crippen LogP contribution in [0.1, 0.15) is 54.6 Å². The minimum Gasteiger partial charge on any atom is -0.366 e. The number of fused-ring (bicyclic) bond motifs is 2. The highest BCUT2D eigenvalue weighted by Crippen LogP contribution is 2.38. The van der Waals surface area contributed by atoms with Crippen molar-refractivity contribution in [3.05, 3.63) is 40.5 Å². The lowest BCUT2D eigenvalue weighted by molar-refractivity contribution is -0.119. The lowest BCUT2D eigenvalue weighted by atomic mass is 9.87. The Morgan fingerprint density at radius 3 is 2.73 bits per heavy atom. The highest BCUT2D eigenvalue weighted by molar-refractivity contribution is 6.02. The van der Waals surface area contributed by atoms with E-state index >= 15 is 0 Å². The first-order valence-corrected chi connectivity index (χ1v) is 8.14. The van der Waals surface area contributed by atoms with Crippen LogP contribution < -0.4 is 5.73 Å². The summed E-state index contributed by atoms with van der Waals surface area (Å²) in [6, 6.07) is 5.57. The molecule has 1 aromatic carbocycles. The van der Waals surface area contributed by atoms with E-state index in [1.54, 1.807) is 6.07 Å². The predicted molar refractivity (Wildman–Crippen MR) is 87.3 cm³/mol. The molecular formula is C19H23NO2. The summed E-state index contributed by atoms with van der Waals surface area (Å²) in [7, 11) is 0. The number of hydrogen-bond donors (Lipinski definition) is 1. The summed E-state index contributed by atoms with van der Waals surface area (Å²) in [5.74, 6) is 0.945. The SMILES string of the molecule is CC1CC(C)C(=O)C2=Cc3ccc(C(N)=O)cc3CCC2C1. The number of amides is 1. The second-order valence-electron chi connectivity index (χ2n) is 6.95. The lowest BCUT2D eigenvalue weighted by Gasteiger charge is -2.17. The van der Waals surface area contributed by atoms with Crippen LogP contribution in [0.5, 0.6) is 0 Å². The van der Waals surface area contributed by atoms with E-state index in [9.17, 15) is 9.59 Å². The molecule has 1 saturated carbocycles. The number of benzene rings is 1. The molecule has 0 spiro atoms. The van der Waals surface area contributed by atoms with Gasteiger partial charge in [-0.1, -0.05) is 19.9 Å². The fourth-order valence-corrected chi connectivity index (χ4v) is 3.98. The largest absolute Gasteiger partial charge is 0.366 e. The summed E-state index contributed by atoms with van der Waals surface area (Å²) in [5, 5.41) is 0. The molecular weight excluding hydrogens is 274 g/mol. The predicted octanol–water partition coefficient (Wildman–Crippen LogP) is 3.37. The van der Waals surface area contributed by atoms with Crippen molar-refractivity contribution in [1.29, 1.82) is 0 Å². The molecule has 1 fully saturated rings. The molecule has 0 bridgehead atoms. The first-order valence-electron chi connectivity index (χ1n) is 8.14. The minimum atomic E-state index is -0.396. The number of Topliss-reactive ketones (excluding diaryl/α,β-unsaturated/α-hetero) is 1. The van der Waals surface area contributed by atoms with Crippen molar-refractivity contribution in [2.24, 2.45) is 23.5 Å². The van der Waals surface area contributed by atoms with Gasteiger partial charge in [-0.15, -0.1) is 0 Å². The smallest absolute Gasteiger partial charge is 0.248 e. The summed E-state index contributed by atoms with van der Waals surface area (Å²) in [6.07, 6.45) is 6.01. The number of aryl methyl sites for hydroxylation is 1. The van der Waals surface area contributed by atoms with Crippen molar-refractivity contribution in [3.63, 3.8) is 0 Å². The summed E-state index contributed by atoms with van der Waals surface area (Å²) in [4.78, 5) is 24.1. The minimum absolute atomic E-state index is 0.109. The van der Waals surface area contributed by atoms with Gasteiger partial charge in [-0.25, -0.2) is 0 Å². The van der Waals surface area contributed by atoms with E-state index in [0.717, 1.165) is 42.4 Å². The number of carbonyl (C=O) groups excluding carboxylic acids is 2. The molecule has 1 amide bonds. The molecule has 0 aliphatic heterocycles. The third-order valence-electron chi connectivity index (χ3n) is 5.12. The van der Waals surface area contributed by atoms with E-state index in [0.29, 0.717) is 23.2 Å². The Labute approximate surface area is 131 Å². The zero-order chi connectivity index (χ0) is 15.9. The quantitative estimate of drug-likeness (QED) is 0.864. The van der Waals surface area contributed by atoms with E-state index in [1.165, 1.54) is 0 Å². The number of ketones is 1. The third kappa shape index (κ3) is 2.72. The average Bonchev–Trinajstić information content (AvgIpc) is 2.70. The number of primary amides is 1. The number of hydrogen-bond acceptors (Lipinski definition) is 2. The van der Waals surface area contributed by atoms with E-state index in [1.807, 2.05) is 19.1 Å². The van der Waals surface area contributed by atoms with Gasteiger partial charge in [0.25, 0.3) is 0 Å². The van der Waals surface area contributed by atoms with Gasteiger partial charge in [0, 0.05) is 11.5 Å². The molecule has 116 valence electrons. The third-order valence-corrected chi connectivity index (χ3v) is 5.12. The van der Waals surface area contributed by atoms with E-state index in [2.05, 4.69) is 13.0 Å². The summed E-state index contributed by atoms with van der Waals surface area (Å²) in [5.41, 5.74) is 9.11. The van der Waals surface area contributed by atoms with Gasteiger partial charge in [0.15, 0.2) is 5.78 Å². The maximum absolute atomic E-state index is 12.7. The average molecular weight is 297 g/mol. The Hall–Kier alpha value is -1.90. The van der Waals surface area contributed by atoms with Crippen LogP contribution in [0.15, 0.2) is 23.8 Å². The van der Waals surface area contributed by atoms with Crippen LogP contribution in [0, 0.1) is 17.8 Å². The standard InChI is InChI=1S/C19H23NO2/c1-11-7-12(2)18(21)17-10-14-4-6-16(19(20)22)9-13(14)3-5-15(17)8-11/h4,6,9-12,15H,3,5,7-8H2,1-2H3,(H2,20,22). The molecule has 3 unspecified atom stereocenters. The molecule has 2 aliphatic rings. The molecule has 1 aromatic rings. The Morgan fingerprint density at radius 1 is 1.23 bits per heavy atom. The molecule has 3 heteroatoms.